The number of sulfonamides is 1. The van der Waals surface area contributed by atoms with Gasteiger partial charge in [0.1, 0.15) is 22.9 Å². The van der Waals surface area contributed by atoms with E-state index in [1.807, 2.05) is 47.6 Å². The van der Waals surface area contributed by atoms with Crippen molar-refractivity contribution in [2.24, 2.45) is 0 Å². The Morgan fingerprint density at radius 2 is 1.64 bits per heavy atom. The number of aryl methyl sites for hydroxylation is 1. The van der Waals surface area contributed by atoms with Gasteiger partial charge in [-0.3, -0.25) is 9.62 Å². The summed E-state index contributed by atoms with van der Waals surface area (Å²) in [5.74, 6) is -3.68. The van der Waals surface area contributed by atoms with Gasteiger partial charge in [0.15, 0.2) is 0 Å². The summed E-state index contributed by atoms with van der Waals surface area (Å²) in [5.41, 5.74) is 1.33. The zero-order valence-corrected chi connectivity index (χ0v) is 30.0. The summed E-state index contributed by atoms with van der Waals surface area (Å²) in [5, 5.41) is 0. The van der Waals surface area contributed by atoms with Crippen LogP contribution in [-0.4, -0.2) is 55.0 Å². The number of rotatable bonds is 9. The van der Waals surface area contributed by atoms with Crippen LogP contribution in [0.15, 0.2) is 66.0 Å². The fourth-order valence-corrected chi connectivity index (χ4v) is 7.22. The second kappa shape index (κ2) is 19.0. The highest BCUT2D eigenvalue weighted by Gasteiger charge is 2.41. The molecular weight excluding hydrogens is 623 g/mol. The van der Waals surface area contributed by atoms with Gasteiger partial charge >= 0.3 is 0 Å². The molecule has 0 saturated carbocycles. The predicted molar refractivity (Wildman–Crippen MR) is 189 cm³/mol. The fraction of sp³-hybridized carbons (Fsp3) is 0.556. The van der Waals surface area contributed by atoms with Crippen molar-refractivity contribution in [3.05, 3.63) is 78.0 Å². The third kappa shape index (κ3) is 10.9. The Kier molecular flexibility index (Phi) is 16.1. The molecule has 5 rings (SSSR count). The van der Waals surface area contributed by atoms with Crippen molar-refractivity contribution in [3.63, 3.8) is 0 Å². The lowest BCUT2D eigenvalue weighted by Crippen LogP contribution is -2.60. The highest BCUT2D eigenvalue weighted by atomic mass is 32.2. The number of nitrogens with zero attached hydrogens (tertiary/aromatic N) is 4. The second-order valence-electron chi connectivity index (χ2n) is 11.2. The third-order valence-corrected chi connectivity index (χ3v) is 9.67. The van der Waals surface area contributed by atoms with Gasteiger partial charge in [-0.25, -0.2) is 31.6 Å². The molecule has 264 valence electrons. The Bertz CT molecular complexity index is 1460. The fourth-order valence-electron chi connectivity index (χ4n) is 6.15. The second-order valence-corrected chi connectivity index (χ2v) is 12.9. The standard InChI is InChI=1S/C30H36F3N5O2S.3C2H6.H2/c1-29(32,33)24-8-5-7-23(19-24)11-14-30(38-17-3-2-4-18-38)13-6-16-37(21-30)25-9-10-27(26(31)20-25)41(39,40)36-28-12-15-34-22-35-28;3*1-2;/h5,7-10,12,15,19-20,22H,2-4,6,11,13-14,16-18,21H2,1H3,(H,34,35,36);3*1-2H3;1H/t30-;;;;/m0..../s1. The van der Waals surface area contributed by atoms with Gasteiger partial charge in [-0.2, -0.15) is 0 Å². The Labute approximate surface area is 282 Å². The first-order chi connectivity index (χ1) is 22.6. The Morgan fingerprint density at radius 3 is 2.26 bits per heavy atom. The molecule has 3 aromatic rings. The monoisotopic (exact) mass is 679 g/mol. The van der Waals surface area contributed by atoms with Gasteiger partial charge in [0.2, 0.25) is 0 Å². The Hall–Kier alpha value is -3.18. The number of anilines is 2. The molecule has 1 aromatic heterocycles. The number of halogens is 3. The molecule has 11 heteroatoms. The molecule has 1 N–H and O–H groups in total. The highest BCUT2D eigenvalue weighted by Crippen LogP contribution is 2.37. The average molecular weight is 680 g/mol. The normalized spacial score (nSPS) is 18.4. The molecule has 2 saturated heterocycles. The Balaban J connectivity index is 0.00000156. The molecule has 2 aliphatic heterocycles. The minimum absolute atomic E-state index is 0. The molecule has 3 heterocycles. The van der Waals surface area contributed by atoms with Crippen LogP contribution in [0.5, 0.6) is 0 Å². The molecule has 47 heavy (non-hydrogen) atoms. The zero-order chi connectivity index (χ0) is 35.1. The quantitative estimate of drug-likeness (QED) is 0.243. The maximum Gasteiger partial charge on any atom is 0.270 e. The first-order valence-corrected chi connectivity index (χ1v) is 18.6. The number of nitrogens with one attached hydrogen (secondary N) is 1. The summed E-state index contributed by atoms with van der Waals surface area (Å²) in [6.07, 6.45) is 9.32. The van der Waals surface area contributed by atoms with Crippen molar-refractivity contribution >= 4 is 21.5 Å². The lowest BCUT2D eigenvalue weighted by Gasteiger charge is -2.52. The van der Waals surface area contributed by atoms with Crippen LogP contribution in [-0.2, 0) is 22.4 Å². The maximum atomic E-state index is 15.3. The topological polar surface area (TPSA) is 78.4 Å². The molecule has 0 unspecified atom stereocenters. The summed E-state index contributed by atoms with van der Waals surface area (Å²) in [6.45, 7) is 16.2. The molecule has 0 bridgehead atoms. The number of hydrogen-bond donors (Lipinski definition) is 1. The van der Waals surface area contributed by atoms with Crippen LogP contribution in [0.4, 0.5) is 24.7 Å². The van der Waals surface area contributed by atoms with Gasteiger partial charge < -0.3 is 4.90 Å². The van der Waals surface area contributed by atoms with Crippen molar-refractivity contribution in [2.45, 2.75) is 110 Å². The van der Waals surface area contributed by atoms with Crippen molar-refractivity contribution in [1.82, 2.24) is 14.9 Å². The summed E-state index contributed by atoms with van der Waals surface area (Å²) < 4.78 is 71.3. The summed E-state index contributed by atoms with van der Waals surface area (Å²) in [4.78, 5) is 11.8. The molecular formula is C36H56F3N5O2S. The third-order valence-electron chi connectivity index (χ3n) is 8.29. The number of piperidine rings is 2. The van der Waals surface area contributed by atoms with Gasteiger partial charge in [0.05, 0.1) is 0 Å². The van der Waals surface area contributed by atoms with E-state index >= 15 is 4.39 Å². The minimum Gasteiger partial charge on any atom is -0.370 e. The van der Waals surface area contributed by atoms with Crippen molar-refractivity contribution < 1.29 is 23.0 Å². The van der Waals surface area contributed by atoms with Gasteiger partial charge in [-0.15, -0.1) is 0 Å². The van der Waals surface area contributed by atoms with Crippen LogP contribution in [0.1, 0.15) is 99.5 Å². The average Bonchev–Trinajstić information content (AvgIpc) is 3.10. The number of benzene rings is 2. The SMILES string of the molecule is CC.CC.CC.CC(F)(F)c1cccc(CC[C@@]2(N3CCCCC3)CCCN(c3ccc(S(=O)(=O)Nc4ccncn4)c(F)c3)C2)c1.[HH]. The van der Waals surface area contributed by atoms with E-state index in [9.17, 15) is 17.2 Å². The molecule has 0 amide bonds. The molecule has 0 radical (unpaired) electrons. The lowest BCUT2D eigenvalue weighted by molar-refractivity contribution is 0.0173. The first-order valence-electron chi connectivity index (χ1n) is 17.1. The van der Waals surface area contributed by atoms with E-state index in [-0.39, 0.29) is 18.3 Å². The van der Waals surface area contributed by atoms with Crippen molar-refractivity contribution in [1.29, 1.82) is 0 Å². The number of alkyl halides is 2. The van der Waals surface area contributed by atoms with Gasteiger partial charge in [-0.1, -0.05) is 66.2 Å². The van der Waals surface area contributed by atoms with E-state index in [1.165, 1.54) is 43.2 Å². The van der Waals surface area contributed by atoms with Crippen LogP contribution in [0.3, 0.4) is 0 Å². The van der Waals surface area contributed by atoms with E-state index < -0.39 is 26.7 Å². The maximum absolute atomic E-state index is 15.3. The van der Waals surface area contributed by atoms with Crippen LogP contribution in [0.2, 0.25) is 0 Å². The van der Waals surface area contributed by atoms with Crippen molar-refractivity contribution in [3.8, 4) is 0 Å². The number of likely N-dealkylation sites (tertiary alicyclic amines) is 1. The predicted octanol–water partition coefficient (Wildman–Crippen LogP) is 9.31. The van der Waals surface area contributed by atoms with E-state index in [2.05, 4.69) is 24.5 Å². The number of hydrogen-bond acceptors (Lipinski definition) is 6. The van der Waals surface area contributed by atoms with Crippen LogP contribution in [0.25, 0.3) is 0 Å². The lowest BCUT2D eigenvalue weighted by atomic mass is 9.80. The highest BCUT2D eigenvalue weighted by molar-refractivity contribution is 7.92. The summed E-state index contributed by atoms with van der Waals surface area (Å²) in [6, 6.07) is 12.3. The molecule has 7 nitrogen and oxygen atoms in total. The van der Waals surface area contributed by atoms with E-state index in [1.54, 1.807) is 18.2 Å². The molecule has 0 spiro atoms. The molecule has 2 aromatic carbocycles. The van der Waals surface area contributed by atoms with E-state index in [4.69, 9.17) is 0 Å². The van der Waals surface area contributed by atoms with Crippen LogP contribution < -0.4 is 9.62 Å². The largest absolute Gasteiger partial charge is 0.370 e. The smallest absolute Gasteiger partial charge is 0.270 e. The van der Waals surface area contributed by atoms with Crippen LogP contribution >= 0.6 is 0 Å². The number of aromatic nitrogens is 2. The van der Waals surface area contributed by atoms with E-state index in [0.29, 0.717) is 18.7 Å². The summed E-state index contributed by atoms with van der Waals surface area (Å²) >= 11 is 0. The Morgan fingerprint density at radius 1 is 0.936 bits per heavy atom. The molecule has 0 aliphatic carbocycles. The molecule has 1 atom stereocenters. The van der Waals surface area contributed by atoms with Gasteiger partial charge in [-0.05, 0) is 87.5 Å². The van der Waals surface area contributed by atoms with Crippen LogP contribution in [0, 0.1) is 5.82 Å². The molecule has 2 fully saturated rings. The van der Waals surface area contributed by atoms with Crippen molar-refractivity contribution in [2.75, 3.05) is 35.8 Å². The zero-order valence-electron chi connectivity index (χ0n) is 29.2. The molecule has 2 aliphatic rings. The summed E-state index contributed by atoms with van der Waals surface area (Å²) in [7, 11) is -4.18. The first kappa shape index (κ1) is 40.0. The van der Waals surface area contributed by atoms with E-state index in [0.717, 1.165) is 64.2 Å². The van der Waals surface area contributed by atoms with Gasteiger partial charge in [0, 0.05) is 44.4 Å². The minimum atomic E-state index is -4.18. The van der Waals surface area contributed by atoms with Gasteiger partial charge in [0.25, 0.3) is 15.9 Å².